The number of nitrogens with zero attached hydrogens (tertiary/aromatic N) is 1. The van der Waals surface area contributed by atoms with E-state index in [0.29, 0.717) is 36.8 Å². The van der Waals surface area contributed by atoms with Crippen LogP contribution in [0, 0.1) is 0 Å². The van der Waals surface area contributed by atoms with Crippen LogP contribution in [-0.2, 0) is 13.0 Å². The van der Waals surface area contributed by atoms with Gasteiger partial charge in [0.05, 0.1) is 20.8 Å². The molecule has 0 spiro atoms. The molecule has 132 valence electrons. The van der Waals surface area contributed by atoms with E-state index in [2.05, 4.69) is 0 Å². The third-order valence-electron chi connectivity index (χ3n) is 4.43. The van der Waals surface area contributed by atoms with Crippen LogP contribution in [-0.4, -0.2) is 38.2 Å². The van der Waals surface area contributed by atoms with Crippen LogP contribution in [0.2, 0.25) is 0 Å². The molecule has 0 aromatic heterocycles. The zero-order valence-electron chi connectivity index (χ0n) is 14.9. The first kappa shape index (κ1) is 17.1. The first-order valence-corrected chi connectivity index (χ1v) is 8.42. The van der Waals surface area contributed by atoms with Crippen molar-refractivity contribution in [2.45, 2.75) is 19.9 Å². The second kappa shape index (κ2) is 7.47. The lowest BCUT2D eigenvalue weighted by Gasteiger charge is -2.22. The predicted molar refractivity (Wildman–Crippen MR) is 95.6 cm³/mol. The summed E-state index contributed by atoms with van der Waals surface area (Å²) in [7, 11) is 3.22. The van der Waals surface area contributed by atoms with Crippen LogP contribution in [0.5, 0.6) is 17.2 Å². The summed E-state index contributed by atoms with van der Waals surface area (Å²) in [5, 5.41) is 0. The van der Waals surface area contributed by atoms with Gasteiger partial charge in [-0.05, 0) is 48.4 Å². The third-order valence-corrected chi connectivity index (χ3v) is 4.43. The molecular formula is C20H23NO4. The van der Waals surface area contributed by atoms with E-state index in [1.165, 1.54) is 0 Å². The average Bonchev–Trinajstić information content (AvgIpc) is 3.13. The number of hydrogen-bond acceptors (Lipinski definition) is 4. The molecule has 0 atom stereocenters. The Hall–Kier alpha value is -2.69. The van der Waals surface area contributed by atoms with Gasteiger partial charge < -0.3 is 19.1 Å². The van der Waals surface area contributed by atoms with Crippen molar-refractivity contribution in [3.63, 3.8) is 0 Å². The minimum Gasteiger partial charge on any atom is -0.493 e. The fourth-order valence-corrected chi connectivity index (χ4v) is 3.03. The maximum atomic E-state index is 12.9. The molecule has 1 amide bonds. The molecule has 1 aliphatic rings. The first-order valence-electron chi connectivity index (χ1n) is 8.42. The number of benzene rings is 2. The van der Waals surface area contributed by atoms with Crippen molar-refractivity contribution in [1.82, 2.24) is 4.90 Å². The molecule has 0 bridgehead atoms. The molecule has 25 heavy (non-hydrogen) atoms. The van der Waals surface area contributed by atoms with E-state index in [0.717, 1.165) is 23.3 Å². The van der Waals surface area contributed by atoms with Crippen molar-refractivity contribution in [3.05, 3.63) is 53.1 Å². The lowest BCUT2D eigenvalue weighted by Crippen LogP contribution is -2.30. The Balaban J connectivity index is 1.79. The molecule has 5 heteroatoms. The quantitative estimate of drug-likeness (QED) is 0.809. The molecule has 0 radical (unpaired) electrons. The number of fused-ring (bicyclic) bond motifs is 1. The molecule has 0 N–H and O–H groups in total. The second-order valence-corrected chi connectivity index (χ2v) is 5.93. The molecular weight excluding hydrogens is 318 g/mol. The molecule has 1 aliphatic heterocycles. The Kier molecular flexibility index (Phi) is 5.12. The topological polar surface area (TPSA) is 48.0 Å². The zero-order valence-corrected chi connectivity index (χ0v) is 14.9. The van der Waals surface area contributed by atoms with Gasteiger partial charge in [-0.3, -0.25) is 4.79 Å². The zero-order chi connectivity index (χ0) is 17.8. The first-order chi connectivity index (χ1) is 12.2. The van der Waals surface area contributed by atoms with Gasteiger partial charge in [0, 0.05) is 25.1 Å². The van der Waals surface area contributed by atoms with Gasteiger partial charge in [-0.25, -0.2) is 0 Å². The van der Waals surface area contributed by atoms with Crippen LogP contribution in [0.15, 0.2) is 36.4 Å². The molecule has 0 fully saturated rings. The van der Waals surface area contributed by atoms with Gasteiger partial charge in [-0.2, -0.15) is 0 Å². The molecule has 0 saturated carbocycles. The van der Waals surface area contributed by atoms with Gasteiger partial charge in [-0.1, -0.05) is 6.07 Å². The van der Waals surface area contributed by atoms with Crippen molar-refractivity contribution in [1.29, 1.82) is 0 Å². The Labute approximate surface area is 148 Å². The number of methoxy groups -OCH3 is 2. The maximum Gasteiger partial charge on any atom is 0.254 e. The van der Waals surface area contributed by atoms with E-state index in [1.54, 1.807) is 14.2 Å². The Morgan fingerprint density at radius 2 is 1.92 bits per heavy atom. The fourth-order valence-electron chi connectivity index (χ4n) is 3.03. The molecule has 1 heterocycles. The highest BCUT2D eigenvalue weighted by Gasteiger charge is 2.19. The minimum absolute atomic E-state index is 0.0204. The number of rotatable bonds is 6. The molecule has 2 aromatic rings. The maximum absolute atomic E-state index is 12.9. The van der Waals surface area contributed by atoms with Gasteiger partial charge in [0.15, 0.2) is 11.5 Å². The molecule has 3 rings (SSSR count). The summed E-state index contributed by atoms with van der Waals surface area (Å²) in [5.41, 5.74) is 2.80. The Morgan fingerprint density at radius 3 is 2.64 bits per heavy atom. The summed E-state index contributed by atoms with van der Waals surface area (Å²) in [6, 6.07) is 11.4. The summed E-state index contributed by atoms with van der Waals surface area (Å²) < 4.78 is 16.1. The smallest absolute Gasteiger partial charge is 0.254 e. The van der Waals surface area contributed by atoms with E-state index in [4.69, 9.17) is 14.2 Å². The van der Waals surface area contributed by atoms with Crippen LogP contribution in [0.25, 0.3) is 0 Å². The lowest BCUT2D eigenvalue weighted by molar-refractivity contribution is 0.0752. The summed E-state index contributed by atoms with van der Waals surface area (Å²) >= 11 is 0. The van der Waals surface area contributed by atoms with Gasteiger partial charge in [0.2, 0.25) is 0 Å². The fraction of sp³-hybridized carbons (Fsp3) is 0.350. The van der Waals surface area contributed by atoms with E-state index < -0.39 is 0 Å². The Bertz CT molecular complexity index is 772. The van der Waals surface area contributed by atoms with Gasteiger partial charge in [0.1, 0.15) is 5.75 Å². The summed E-state index contributed by atoms with van der Waals surface area (Å²) in [6.07, 6.45) is 0.859. The number of carbonyl (C=O) groups excluding carboxylic acids is 1. The summed E-state index contributed by atoms with van der Waals surface area (Å²) in [5.74, 6) is 2.25. The lowest BCUT2D eigenvalue weighted by atomic mass is 10.1. The van der Waals surface area contributed by atoms with Crippen molar-refractivity contribution >= 4 is 5.91 Å². The Morgan fingerprint density at radius 1 is 1.12 bits per heavy atom. The van der Waals surface area contributed by atoms with Crippen LogP contribution >= 0.6 is 0 Å². The summed E-state index contributed by atoms with van der Waals surface area (Å²) in [6.45, 7) is 3.81. The highest BCUT2D eigenvalue weighted by molar-refractivity contribution is 5.94. The number of ether oxygens (including phenoxy) is 3. The number of hydrogen-bond donors (Lipinski definition) is 0. The third kappa shape index (κ3) is 3.55. The minimum atomic E-state index is 0.0204. The van der Waals surface area contributed by atoms with Gasteiger partial charge in [0.25, 0.3) is 5.91 Å². The molecule has 2 aromatic carbocycles. The van der Waals surface area contributed by atoms with Crippen LogP contribution < -0.4 is 14.2 Å². The van der Waals surface area contributed by atoms with Crippen molar-refractivity contribution in [2.24, 2.45) is 0 Å². The molecule has 0 saturated heterocycles. The highest BCUT2D eigenvalue weighted by atomic mass is 16.5. The van der Waals surface area contributed by atoms with E-state index in [-0.39, 0.29) is 5.91 Å². The molecule has 5 nitrogen and oxygen atoms in total. The average molecular weight is 341 g/mol. The van der Waals surface area contributed by atoms with Gasteiger partial charge >= 0.3 is 0 Å². The highest BCUT2D eigenvalue weighted by Crippen LogP contribution is 2.29. The predicted octanol–water partition coefficient (Wildman–Crippen LogP) is 3.30. The SMILES string of the molecule is CCN(Cc1ccc(OC)c(OC)c1)C(=O)c1ccc2c(c1)CCO2. The monoisotopic (exact) mass is 341 g/mol. The summed E-state index contributed by atoms with van der Waals surface area (Å²) in [4.78, 5) is 14.7. The largest absolute Gasteiger partial charge is 0.493 e. The van der Waals surface area contributed by atoms with E-state index in [9.17, 15) is 4.79 Å². The van der Waals surface area contributed by atoms with E-state index >= 15 is 0 Å². The standard InChI is InChI=1S/C20H23NO4/c1-4-21(13-14-5-7-18(23-2)19(11-14)24-3)20(22)16-6-8-17-15(12-16)9-10-25-17/h5-8,11-12H,4,9-10,13H2,1-3H3. The molecule has 0 unspecified atom stereocenters. The van der Waals surface area contributed by atoms with Crippen LogP contribution in [0.4, 0.5) is 0 Å². The van der Waals surface area contributed by atoms with Crippen LogP contribution in [0.3, 0.4) is 0 Å². The number of carbonyl (C=O) groups is 1. The normalized spacial score (nSPS) is 12.3. The second-order valence-electron chi connectivity index (χ2n) is 5.93. The van der Waals surface area contributed by atoms with Crippen molar-refractivity contribution < 1.29 is 19.0 Å². The van der Waals surface area contributed by atoms with E-state index in [1.807, 2.05) is 48.2 Å². The number of amides is 1. The van der Waals surface area contributed by atoms with Crippen molar-refractivity contribution in [2.75, 3.05) is 27.4 Å². The van der Waals surface area contributed by atoms with Crippen LogP contribution in [0.1, 0.15) is 28.4 Å². The molecule has 0 aliphatic carbocycles. The van der Waals surface area contributed by atoms with Gasteiger partial charge in [-0.15, -0.1) is 0 Å². The van der Waals surface area contributed by atoms with Crippen molar-refractivity contribution in [3.8, 4) is 17.2 Å².